The van der Waals surface area contributed by atoms with Gasteiger partial charge in [0.05, 0.1) is 5.41 Å². The van der Waals surface area contributed by atoms with E-state index >= 15 is 0 Å². The molecule has 0 radical (unpaired) electrons. The zero-order valence-electron chi connectivity index (χ0n) is 12.6. The fourth-order valence-corrected chi connectivity index (χ4v) is 2.93. The van der Waals surface area contributed by atoms with Crippen LogP contribution in [0, 0.1) is 5.41 Å². The number of carbonyl (C=O) groups excluding carboxylic acids is 3. The van der Waals surface area contributed by atoms with Gasteiger partial charge in [0.15, 0.2) is 5.78 Å². The molecule has 0 N–H and O–H groups in total. The molecule has 21 heavy (non-hydrogen) atoms. The molecule has 0 unspecified atom stereocenters. The molecule has 3 heteroatoms. The normalized spacial score (nSPS) is 17.8. The first-order valence-electron chi connectivity index (χ1n) is 7.69. The monoisotopic (exact) mass is 286 g/mol. The zero-order chi connectivity index (χ0) is 15.3. The Morgan fingerprint density at radius 3 is 2.29 bits per heavy atom. The number of unbranched alkanes of at least 4 members (excludes halogenated alkanes) is 1. The molecule has 0 aromatic heterocycles. The smallest absolute Gasteiger partial charge is 0.162 e. The van der Waals surface area contributed by atoms with Gasteiger partial charge in [-0.1, -0.05) is 36.8 Å². The lowest BCUT2D eigenvalue weighted by Gasteiger charge is -2.30. The van der Waals surface area contributed by atoms with E-state index in [1.165, 1.54) is 0 Å². The molecule has 0 saturated heterocycles. The van der Waals surface area contributed by atoms with E-state index in [2.05, 4.69) is 0 Å². The van der Waals surface area contributed by atoms with Crippen molar-refractivity contribution in [2.24, 2.45) is 5.41 Å². The molecule has 1 fully saturated rings. The van der Waals surface area contributed by atoms with Crippen LogP contribution in [0.1, 0.15) is 62.2 Å². The van der Waals surface area contributed by atoms with Gasteiger partial charge in [0.1, 0.15) is 11.6 Å². The Morgan fingerprint density at radius 2 is 1.67 bits per heavy atom. The van der Waals surface area contributed by atoms with Gasteiger partial charge in [-0.25, -0.2) is 0 Å². The summed E-state index contributed by atoms with van der Waals surface area (Å²) in [6, 6.07) is 9.23. The van der Waals surface area contributed by atoms with Crippen LogP contribution in [0.4, 0.5) is 0 Å². The lowest BCUT2D eigenvalue weighted by Crippen LogP contribution is -2.39. The van der Waals surface area contributed by atoms with Crippen molar-refractivity contribution in [3.8, 4) is 0 Å². The second kappa shape index (κ2) is 6.79. The Labute approximate surface area is 125 Å². The Kier molecular flexibility index (Phi) is 5.05. The summed E-state index contributed by atoms with van der Waals surface area (Å²) < 4.78 is 0. The van der Waals surface area contributed by atoms with Gasteiger partial charge in [-0.3, -0.25) is 14.4 Å². The zero-order valence-corrected chi connectivity index (χ0v) is 12.6. The van der Waals surface area contributed by atoms with E-state index in [0.717, 1.165) is 18.4 Å². The Hall–Kier alpha value is -1.77. The van der Waals surface area contributed by atoms with Crippen LogP contribution in [-0.2, 0) is 9.59 Å². The molecule has 1 aliphatic carbocycles. The first-order valence-corrected chi connectivity index (χ1v) is 7.69. The number of hydrogen-bond acceptors (Lipinski definition) is 3. The molecule has 0 heterocycles. The summed E-state index contributed by atoms with van der Waals surface area (Å²) in [6.45, 7) is 1.77. The second-order valence-corrected chi connectivity index (χ2v) is 6.03. The predicted octanol–water partition coefficient (Wildman–Crippen LogP) is 3.76. The van der Waals surface area contributed by atoms with Gasteiger partial charge in [-0.05, 0) is 26.2 Å². The molecule has 0 spiro atoms. The number of Topliss-reactive ketones (excluding diaryl/α,β-unsaturated/α-hetero) is 3. The number of ketones is 3. The van der Waals surface area contributed by atoms with Gasteiger partial charge < -0.3 is 0 Å². The highest BCUT2D eigenvalue weighted by atomic mass is 16.2. The molecule has 2 rings (SSSR count). The Morgan fingerprint density at radius 1 is 1.05 bits per heavy atom. The molecule has 112 valence electrons. The molecule has 1 aromatic carbocycles. The van der Waals surface area contributed by atoms with Crippen molar-refractivity contribution in [3.63, 3.8) is 0 Å². The predicted molar refractivity (Wildman–Crippen MR) is 81.2 cm³/mol. The number of carbonyl (C=O) groups is 3. The minimum absolute atomic E-state index is 0.0770. The third-order valence-corrected chi connectivity index (χ3v) is 4.46. The summed E-state index contributed by atoms with van der Waals surface area (Å²) in [5.41, 5.74) is -0.0675. The standard InChI is InChI=1S/C18H22O3/c1-18(16(20)11-7-12-17(18)21)13-6-5-10-15(19)14-8-3-2-4-9-14/h2-4,8-9H,5-7,10-13H2,1H3. The van der Waals surface area contributed by atoms with Crippen molar-refractivity contribution in [2.45, 2.75) is 51.9 Å². The molecule has 1 aliphatic rings. The van der Waals surface area contributed by atoms with E-state index in [4.69, 9.17) is 0 Å². The first kappa shape index (κ1) is 15.6. The summed E-state index contributed by atoms with van der Waals surface area (Å²) in [7, 11) is 0. The van der Waals surface area contributed by atoms with Gasteiger partial charge in [0.2, 0.25) is 0 Å². The fraction of sp³-hybridized carbons (Fsp3) is 0.500. The van der Waals surface area contributed by atoms with Crippen molar-refractivity contribution in [1.82, 2.24) is 0 Å². The van der Waals surface area contributed by atoms with Crippen LogP contribution in [-0.4, -0.2) is 17.3 Å². The van der Waals surface area contributed by atoms with E-state index in [1.807, 2.05) is 30.3 Å². The highest BCUT2D eigenvalue weighted by Gasteiger charge is 2.41. The molecule has 3 nitrogen and oxygen atoms in total. The van der Waals surface area contributed by atoms with E-state index in [1.54, 1.807) is 6.92 Å². The van der Waals surface area contributed by atoms with Crippen LogP contribution in [0.15, 0.2) is 30.3 Å². The molecule has 0 atom stereocenters. The largest absolute Gasteiger partial charge is 0.299 e. The summed E-state index contributed by atoms with van der Waals surface area (Å²) in [5.74, 6) is 0.281. The average Bonchev–Trinajstić information content (AvgIpc) is 2.50. The van der Waals surface area contributed by atoms with E-state index in [9.17, 15) is 14.4 Å². The quantitative estimate of drug-likeness (QED) is 0.454. The van der Waals surface area contributed by atoms with Crippen molar-refractivity contribution >= 4 is 17.3 Å². The molecule has 0 amide bonds. The van der Waals surface area contributed by atoms with Crippen LogP contribution in [0.2, 0.25) is 0 Å². The van der Waals surface area contributed by atoms with Gasteiger partial charge in [-0.2, -0.15) is 0 Å². The summed E-state index contributed by atoms with van der Waals surface area (Å²) >= 11 is 0. The molecule has 0 aliphatic heterocycles. The van der Waals surface area contributed by atoms with Crippen LogP contribution in [0.5, 0.6) is 0 Å². The lowest BCUT2D eigenvalue weighted by atomic mass is 9.70. The Bertz CT molecular complexity index is 515. The lowest BCUT2D eigenvalue weighted by molar-refractivity contribution is -0.143. The van der Waals surface area contributed by atoms with Crippen molar-refractivity contribution in [2.75, 3.05) is 0 Å². The Balaban J connectivity index is 1.80. The van der Waals surface area contributed by atoms with Crippen LogP contribution >= 0.6 is 0 Å². The maximum Gasteiger partial charge on any atom is 0.162 e. The highest BCUT2D eigenvalue weighted by molar-refractivity contribution is 6.08. The number of hydrogen-bond donors (Lipinski definition) is 0. The highest BCUT2D eigenvalue weighted by Crippen LogP contribution is 2.34. The number of benzene rings is 1. The molecule has 1 aromatic rings. The van der Waals surface area contributed by atoms with Gasteiger partial charge in [0, 0.05) is 24.8 Å². The van der Waals surface area contributed by atoms with Gasteiger partial charge in [-0.15, -0.1) is 0 Å². The van der Waals surface area contributed by atoms with Crippen LogP contribution in [0.25, 0.3) is 0 Å². The average molecular weight is 286 g/mol. The van der Waals surface area contributed by atoms with Crippen molar-refractivity contribution in [3.05, 3.63) is 35.9 Å². The SMILES string of the molecule is CC1(CCCCC(=O)c2ccccc2)C(=O)CCCC1=O. The molecule has 1 saturated carbocycles. The number of rotatable bonds is 6. The van der Waals surface area contributed by atoms with Crippen LogP contribution in [0.3, 0.4) is 0 Å². The van der Waals surface area contributed by atoms with Gasteiger partial charge in [0.25, 0.3) is 0 Å². The second-order valence-electron chi connectivity index (χ2n) is 6.03. The molecular weight excluding hydrogens is 264 g/mol. The third-order valence-electron chi connectivity index (χ3n) is 4.46. The van der Waals surface area contributed by atoms with Crippen molar-refractivity contribution < 1.29 is 14.4 Å². The first-order chi connectivity index (χ1) is 10.0. The maximum absolute atomic E-state index is 12.0. The minimum atomic E-state index is -0.798. The van der Waals surface area contributed by atoms with Gasteiger partial charge >= 0.3 is 0 Å². The molecule has 0 bridgehead atoms. The minimum Gasteiger partial charge on any atom is -0.299 e. The van der Waals surface area contributed by atoms with E-state index < -0.39 is 5.41 Å². The summed E-state index contributed by atoms with van der Waals surface area (Å²) in [5, 5.41) is 0. The maximum atomic E-state index is 12.0. The summed E-state index contributed by atoms with van der Waals surface area (Å²) in [6.07, 6.45) is 4.25. The van der Waals surface area contributed by atoms with Crippen molar-refractivity contribution in [1.29, 1.82) is 0 Å². The van der Waals surface area contributed by atoms with E-state index in [-0.39, 0.29) is 17.3 Å². The topological polar surface area (TPSA) is 51.2 Å². The summed E-state index contributed by atoms with van der Waals surface area (Å²) in [4.78, 5) is 35.9. The van der Waals surface area contributed by atoms with E-state index in [0.29, 0.717) is 32.1 Å². The fourth-order valence-electron chi connectivity index (χ4n) is 2.93. The van der Waals surface area contributed by atoms with Crippen LogP contribution < -0.4 is 0 Å². The molecular formula is C18H22O3. The third kappa shape index (κ3) is 3.66.